The molecule has 1 unspecified atom stereocenters. The number of rotatable bonds is 3. The van der Waals surface area contributed by atoms with Gasteiger partial charge in [0, 0.05) is 15.1 Å². The Morgan fingerprint density at radius 3 is 2.03 bits per heavy atom. The van der Waals surface area contributed by atoms with Crippen LogP contribution in [-0.4, -0.2) is 5.11 Å². The van der Waals surface area contributed by atoms with E-state index in [1.165, 1.54) is 32.7 Å². The van der Waals surface area contributed by atoms with Gasteiger partial charge in [-0.05, 0) is 102 Å². The van der Waals surface area contributed by atoms with Crippen molar-refractivity contribution in [1.82, 2.24) is 0 Å². The maximum atomic E-state index is 11.0. The monoisotopic (exact) mass is 612 g/mol. The lowest BCUT2D eigenvalue weighted by Gasteiger charge is -2.23. The smallest absolute Gasteiger partial charge is 0.133 e. The Kier molecular flexibility index (Phi) is 5.41. The fourth-order valence-corrected chi connectivity index (χ4v) is 6.11. The average molecular weight is 612 g/mol. The van der Waals surface area contributed by atoms with E-state index in [4.69, 9.17) is 0 Å². The van der Waals surface area contributed by atoms with E-state index < -0.39 is 0 Å². The Morgan fingerprint density at radius 2 is 1.27 bits per heavy atom. The van der Waals surface area contributed by atoms with E-state index in [9.17, 15) is 5.11 Å². The topological polar surface area (TPSA) is 20.2 Å². The second-order valence-electron chi connectivity index (χ2n) is 7.44. The normalized spacial score (nSPS) is 12.3. The van der Waals surface area contributed by atoms with Gasteiger partial charge in [-0.25, -0.2) is 0 Å². The van der Waals surface area contributed by atoms with E-state index in [0.717, 1.165) is 12.7 Å². The SMILES string of the molecule is Oc1c(I)cc(I)cc1C(c1ccccc1)c1cccc2cc3ccccc3cc12. The van der Waals surface area contributed by atoms with Crippen molar-refractivity contribution in [1.29, 1.82) is 0 Å². The standard InChI is InChI=1S/C27H18I2O/c28-21-15-24(27(30)25(29)16-21)26(17-7-2-1-3-8-17)22-12-6-11-20-13-18-9-4-5-10-19(18)14-23(20)22/h1-16,26,30H. The molecule has 0 fully saturated rings. The minimum atomic E-state index is -0.0562. The summed E-state index contributed by atoms with van der Waals surface area (Å²) in [7, 11) is 0. The third-order valence-corrected chi connectivity index (χ3v) is 7.04. The Bertz CT molecular complexity index is 1380. The first-order valence-corrected chi connectivity index (χ1v) is 11.9. The Labute approximate surface area is 203 Å². The largest absolute Gasteiger partial charge is 0.507 e. The van der Waals surface area contributed by atoms with E-state index in [0.29, 0.717) is 5.75 Å². The maximum Gasteiger partial charge on any atom is 0.133 e. The van der Waals surface area contributed by atoms with E-state index in [2.05, 4.69) is 130 Å². The van der Waals surface area contributed by atoms with E-state index in [1.807, 2.05) is 12.1 Å². The summed E-state index contributed by atoms with van der Waals surface area (Å²) >= 11 is 4.56. The number of halogens is 2. The van der Waals surface area contributed by atoms with Crippen LogP contribution in [0.3, 0.4) is 0 Å². The molecule has 5 aromatic carbocycles. The molecular formula is C27H18I2O. The molecule has 5 aromatic rings. The highest BCUT2D eigenvalue weighted by Gasteiger charge is 2.23. The minimum absolute atomic E-state index is 0.0562. The number of benzene rings is 5. The van der Waals surface area contributed by atoms with Gasteiger partial charge in [0.2, 0.25) is 0 Å². The summed E-state index contributed by atoms with van der Waals surface area (Å²) in [4.78, 5) is 0. The van der Waals surface area contributed by atoms with E-state index >= 15 is 0 Å². The first kappa shape index (κ1) is 19.8. The van der Waals surface area contributed by atoms with Crippen LogP contribution in [0.4, 0.5) is 0 Å². The van der Waals surface area contributed by atoms with Crippen LogP contribution in [0.5, 0.6) is 5.75 Å². The summed E-state index contributed by atoms with van der Waals surface area (Å²) in [6, 6.07) is 34.1. The van der Waals surface area contributed by atoms with Crippen molar-refractivity contribution in [2.75, 3.05) is 0 Å². The van der Waals surface area contributed by atoms with Crippen molar-refractivity contribution in [3.05, 3.63) is 121 Å². The molecular weight excluding hydrogens is 594 g/mol. The van der Waals surface area contributed by atoms with Gasteiger partial charge in [-0.3, -0.25) is 0 Å². The van der Waals surface area contributed by atoms with Gasteiger partial charge in [-0.1, -0.05) is 72.8 Å². The zero-order valence-corrected chi connectivity index (χ0v) is 20.3. The summed E-state index contributed by atoms with van der Waals surface area (Å²) in [6.45, 7) is 0. The van der Waals surface area contributed by atoms with Crippen LogP contribution >= 0.6 is 45.2 Å². The highest BCUT2D eigenvalue weighted by atomic mass is 127. The molecule has 0 bridgehead atoms. The summed E-state index contributed by atoms with van der Waals surface area (Å²) in [5.41, 5.74) is 3.32. The first-order chi connectivity index (χ1) is 14.6. The third-order valence-electron chi connectivity index (χ3n) is 5.59. The summed E-state index contributed by atoms with van der Waals surface area (Å²) < 4.78 is 2.00. The van der Waals surface area contributed by atoms with Gasteiger partial charge in [-0.2, -0.15) is 0 Å². The van der Waals surface area contributed by atoms with Crippen molar-refractivity contribution in [2.24, 2.45) is 0 Å². The molecule has 0 saturated heterocycles. The van der Waals surface area contributed by atoms with Crippen molar-refractivity contribution >= 4 is 66.7 Å². The van der Waals surface area contributed by atoms with Crippen molar-refractivity contribution in [3.63, 3.8) is 0 Å². The number of phenolic OH excluding ortho intramolecular Hbond substituents is 1. The van der Waals surface area contributed by atoms with Crippen molar-refractivity contribution in [3.8, 4) is 5.75 Å². The molecule has 0 aliphatic heterocycles. The Balaban J connectivity index is 1.85. The molecule has 146 valence electrons. The molecule has 5 rings (SSSR count). The van der Waals surface area contributed by atoms with Gasteiger partial charge in [0.25, 0.3) is 0 Å². The summed E-state index contributed by atoms with van der Waals surface area (Å²) in [5, 5.41) is 16.0. The zero-order chi connectivity index (χ0) is 20.7. The van der Waals surface area contributed by atoms with Crippen LogP contribution in [0.25, 0.3) is 21.5 Å². The third kappa shape index (κ3) is 3.58. The molecule has 0 spiro atoms. The fraction of sp³-hybridized carbons (Fsp3) is 0.0370. The summed E-state index contributed by atoms with van der Waals surface area (Å²) in [6.07, 6.45) is 0. The van der Waals surface area contributed by atoms with Crippen LogP contribution in [0.2, 0.25) is 0 Å². The van der Waals surface area contributed by atoms with Crippen LogP contribution in [0.1, 0.15) is 22.6 Å². The lowest BCUT2D eigenvalue weighted by molar-refractivity contribution is 0.463. The average Bonchev–Trinajstić information content (AvgIpc) is 2.77. The molecule has 0 aromatic heterocycles. The molecule has 0 radical (unpaired) electrons. The molecule has 0 amide bonds. The molecule has 0 saturated carbocycles. The Morgan fingerprint density at radius 1 is 0.600 bits per heavy atom. The quantitative estimate of drug-likeness (QED) is 0.124. The molecule has 1 atom stereocenters. The molecule has 0 aliphatic rings. The summed E-state index contributed by atoms with van der Waals surface area (Å²) in [5.74, 6) is 0.307. The van der Waals surface area contributed by atoms with Crippen LogP contribution in [0, 0.1) is 7.14 Å². The lowest BCUT2D eigenvalue weighted by Crippen LogP contribution is -2.06. The predicted octanol–water partition coefficient (Wildman–Crippen LogP) is 8.09. The van der Waals surface area contributed by atoms with Gasteiger partial charge in [0.1, 0.15) is 5.75 Å². The highest BCUT2D eigenvalue weighted by Crippen LogP contribution is 2.42. The molecule has 30 heavy (non-hydrogen) atoms. The first-order valence-electron chi connectivity index (χ1n) is 9.76. The molecule has 3 heteroatoms. The number of aromatic hydroxyl groups is 1. The van der Waals surface area contributed by atoms with Gasteiger partial charge < -0.3 is 5.11 Å². The highest BCUT2D eigenvalue weighted by molar-refractivity contribution is 14.1. The van der Waals surface area contributed by atoms with Crippen LogP contribution < -0.4 is 0 Å². The van der Waals surface area contributed by atoms with Crippen LogP contribution in [-0.2, 0) is 0 Å². The second-order valence-corrected chi connectivity index (χ2v) is 9.84. The zero-order valence-electron chi connectivity index (χ0n) is 16.0. The van der Waals surface area contributed by atoms with Gasteiger partial charge in [0.05, 0.1) is 3.57 Å². The second kappa shape index (κ2) is 8.19. The van der Waals surface area contributed by atoms with Crippen molar-refractivity contribution < 1.29 is 5.11 Å². The number of fused-ring (bicyclic) bond motifs is 2. The lowest BCUT2D eigenvalue weighted by atomic mass is 9.82. The van der Waals surface area contributed by atoms with Gasteiger partial charge in [-0.15, -0.1) is 0 Å². The molecule has 0 aliphatic carbocycles. The predicted molar refractivity (Wildman–Crippen MR) is 142 cm³/mol. The van der Waals surface area contributed by atoms with Crippen molar-refractivity contribution in [2.45, 2.75) is 5.92 Å². The molecule has 0 heterocycles. The molecule has 1 nitrogen and oxygen atoms in total. The van der Waals surface area contributed by atoms with Gasteiger partial charge in [0.15, 0.2) is 0 Å². The Hall–Kier alpha value is -2.12. The fourth-order valence-electron chi connectivity index (χ4n) is 4.22. The van der Waals surface area contributed by atoms with E-state index in [1.54, 1.807) is 0 Å². The van der Waals surface area contributed by atoms with Gasteiger partial charge >= 0.3 is 0 Å². The van der Waals surface area contributed by atoms with E-state index in [-0.39, 0.29) is 5.92 Å². The maximum absolute atomic E-state index is 11.0. The van der Waals surface area contributed by atoms with Crippen LogP contribution in [0.15, 0.2) is 97.1 Å². The number of hydrogen-bond donors (Lipinski definition) is 1. The number of hydrogen-bond acceptors (Lipinski definition) is 1. The molecule has 1 N–H and O–H groups in total. The number of phenols is 1. The minimum Gasteiger partial charge on any atom is -0.507 e.